The van der Waals surface area contributed by atoms with Gasteiger partial charge in [0.2, 0.25) is 5.91 Å². The number of benzene rings is 2. The van der Waals surface area contributed by atoms with Crippen molar-refractivity contribution in [2.45, 2.75) is 32.1 Å². The van der Waals surface area contributed by atoms with E-state index in [1.54, 1.807) is 50.6 Å². The van der Waals surface area contributed by atoms with E-state index in [2.05, 4.69) is 10.4 Å². The molecule has 0 bridgehead atoms. The Labute approximate surface area is 174 Å². The van der Waals surface area contributed by atoms with Gasteiger partial charge >= 0.3 is 0 Å². The first-order valence-electron chi connectivity index (χ1n) is 10.2. The Balaban J connectivity index is 1.84. The lowest BCUT2D eigenvalue weighted by molar-refractivity contribution is -0.121. The molecule has 1 N–H and O–H groups in total. The minimum absolute atomic E-state index is 0.0876. The number of fused-ring (bicyclic) bond motifs is 1. The lowest BCUT2D eigenvalue weighted by Gasteiger charge is -2.22. The molecule has 1 aliphatic carbocycles. The van der Waals surface area contributed by atoms with Crippen LogP contribution in [0.4, 0.5) is 0 Å². The molecule has 30 heavy (non-hydrogen) atoms. The second kappa shape index (κ2) is 8.57. The van der Waals surface area contributed by atoms with Crippen LogP contribution in [-0.4, -0.2) is 29.8 Å². The van der Waals surface area contributed by atoms with Crippen LogP contribution >= 0.6 is 0 Å². The molecule has 4 rings (SSSR count). The number of carbonyl (C=O) groups is 1. The average molecular weight is 407 g/mol. The van der Waals surface area contributed by atoms with Crippen molar-refractivity contribution in [2.75, 3.05) is 19.6 Å². The highest BCUT2D eigenvalue weighted by atomic mass is 16.5. The molecule has 0 spiro atoms. The third-order valence-corrected chi connectivity index (χ3v) is 5.62. The smallest absolute Gasteiger partial charge is 0.280 e. The van der Waals surface area contributed by atoms with Gasteiger partial charge in [-0.05, 0) is 43.2 Å². The fourth-order valence-corrected chi connectivity index (χ4v) is 3.97. The van der Waals surface area contributed by atoms with Crippen LogP contribution in [0.15, 0.2) is 47.3 Å². The van der Waals surface area contributed by atoms with Crippen LogP contribution in [0.25, 0.3) is 22.3 Å². The van der Waals surface area contributed by atoms with E-state index in [4.69, 9.17) is 9.47 Å². The van der Waals surface area contributed by atoms with Crippen molar-refractivity contribution in [2.24, 2.45) is 5.92 Å². The molecule has 0 saturated heterocycles. The third-order valence-electron chi connectivity index (χ3n) is 5.62. The van der Waals surface area contributed by atoms with Gasteiger partial charge in [0.1, 0.15) is 0 Å². The van der Waals surface area contributed by atoms with Crippen LogP contribution in [0, 0.1) is 5.92 Å². The summed E-state index contributed by atoms with van der Waals surface area (Å²) in [5.74, 6) is 1.21. The summed E-state index contributed by atoms with van der Waals surface area (Å²) in [5.41, 5.74) is 3.73. The Bertz CT molecular complexity index is 1130. The van der Waals surface area contributed by atoms with Crippen LogP contribution in [0.2, 0.25) is 0 Å². The molecule has 1 amide bonds. The molecule has 0 aliphatic heterocycles. The summed E-state index contributed by atoms with van der Waals surface area (Å²) in [6.45, 7) is 0. The highest BCUT2D eigenvalue weighted by Crippen LogP contribution is 2.32. The average Bonchev–Trinajstić information content (AvgIpc) is 2.80. The number of nitrogens with zero attached hydrogens (tertiary/aromatic N) is 2. The summed E-state index contributed by atoms with van der Waals surface area (Å²) in [6, 6.07) is 12.4. The van der Waals surface area contributed by atoms with Gasteiger partial charge in [-0.25, -0.2) is 4.98 Å². The molecular formula is C23H25N3O4. The maximum atomic E-state index is 13.3. The van der Waals surface area contributed by atoms with Gasteiger partial charge in [-0.3, -0.25) is 15.0 Å². The van der Waals surface area contributed by atoms with E-state index in [0.29, 0.717) is 33.8 Å². The van der Waals surface area contributed by atoms with E-state index in [0.717, 1.165) is 32.1 Å². The summed E-state index contributed by atoms with van der Waals surface area (Å²) in [4.78, 5) is 30.9. The Kier molecular flexibility index (Phi) is 5.70. The molecule has 1 fully saturated rings. The van der Waals surface area contributed by atoms with Gasteiger partial charge in [-0.15, -0.1) is 0 Å². The van der Waals surface area contributed by atoms with E-state index in [1.165, 1.54) is 4.68 Å². The second-order valence-corrected chi connectivity index (χ2v) is 7.47. The first-order valence-corrected chi connectivity index (χ1v) is 10.2. The number of carbonyl (C=O) groups excluding carboxylic acids is 1. The van der Waals surface area contributed by atoms with Crippen molar-refractivity contribution in [3.8, 4) is 22.9 Å². The monoisotopic (exact) mass is 407 g/mol. The molecule has 156 valence electrons. The lowest BCUT2D eigenvalue weighted by Crippen LogP contribution is -2.38. The predicted octanol–water partition coefficient (Wildman–Crippen LogP) is 3.73. The SMILES string of the molecule is COc1ccc(-c2nc3ccccc3c(=O)n2NC(=O)C2CCCCC2)cc1OC. The Morgan fingerprint density at radius 2 is 1.77 bits per heavy atom. The van der Waals surface area contributed by atoms with Gasteiger partial charge < -0.3 is 9.47 Å². The molecule has 7 nitrogen and oxygen atoms in total. The van der Waals surface area contributed by atoms with Crippen molar-refractivity contribution >= 4 is 16.8 Å². The van der Waals surface area contributed by atoms with Crippen molar-refractivity contribution in [3.05, 3.63) is 52.8 Å². The number of methoxy groups -OCH3 is 2. The van der Waals surface area contributed by atoms with Crippen LogP contribution in [-0.2, 0) is 4.79 Å². The van der Waals surface area contributed by atoms with Crippen LogP contribution in [0.1, 0.15) is 32.1 Å². The summed E-state index contributed by atoms with van der Waals surface area (Å²) in [6.07, 6.45) is 4.90. The van der Waals surface area contributed by atoms with Crippen molar-refractivity contribution < 1.29 is 14.3 Å². The second-order valence-electron chi connectivity index (χ2n) is 7.47. The zero-order chi connectivity index (χ0) is 21.1. The molecule has 1 heterocycles. The predicted molar refractivity (Wildman–Crippen MR) is 115 cm³/mol. The first-order chi connectivity index (χ1) is 14.6. The lowest BCUT2D eigenvalue weighted by atomic mass is 9.89. The molecule has 7 heteroatoms. The topological polar surface area (TPSA) is 82.5 Å². The molecule has 0 atom stereocenters. The molecule has 1 aromatic heterocycles. The van der Waals surface area contributed by atoms with Crippen LogP contribution in [0.3, 0.4) is 0 Å². The maximum absolute atomic E-state index is 13.3. The van der Waals surface area contributed by atoms with E-state index >= 15 is 0 Å². The third kappa shape index (κ3) is 3.75. The molecule has 2 aromatic carbocycles. The number of rotatable bonds is 5. The first kappa shape index (κ1) is 19.9. The molecule has 3 aromatic rings. The van der Waals surface area contributed by atoms with Gasteiger partial charge in [0, 0.05) is 11.5 Å². The standard InChI is InChI=1S/C23H25N3O4/c1-29-19-13-12-16(14-20(19)30-2)21-24-18-11-7-6-10-17(18)23(28)26(21)25-22(27)15-8-4-3-5-9-15/h6-7,10-15H,3-5,8-9H2,1-2H3,(H,25,27). The number of para-hydroxylation sites is 1. The van der Waals surface area contributed by atoms with E-state index in [9.17, 15) is 9.59 Å². The van der Waals surface area contributed by atoms with Gasteiger partial charge in [0.25, 0.3) is 5.56 Å². The normalized spacial score (nSPS) is 14.5. The van der Waals surface area contributed by atoms with Crippen molar-refractivity contribution in [1.29, 1.82) is 0 Å². The highest BCUT2D eigenvalue weighted by molar-refractivity contribution is 5.88. The number of ether oxygens (including phenoxy) is 2. The summed E-state index contributed by atoms with van der Waals surface area (Å²) in [5, 5.41) is 0.450. The molecule has 1 saturated carbocycles. The number of amides is 1. The van der Waals surface area contributed by atoms with E-state index < -0.39 is 0 Å². The quantitative estimate of drug-likeness (QED) is 0.697. The van der Waals surface area contributed by atoms with E-state index in [1.807, 2.05) is 6.07 Å². The summed E-state index contributed by atoms with van der Waals surface area (Å²) >= 11 is 0. The Morgan fingerprint density at radius 1 is 1.03 bits per heavy atom. The van der Waals surface area contributed by atoms with Gasteiger partial charge in [0.05, 0.1) is 25.1 Å². The number of nitrogens with one attached hydrogen (secondary N) is 1. The number of hydrogen-bond acceptors (Lipinski definition) is 5. The fourth-order valence-electron chi connectivity index (χ4n) is 3.97. The van der Waals surface area contributed by atoms with Crippen molar-refractivity contribution in [1.82, 2.24) is 9.66 Å². The summed E-state index contributed by atoms with van der Waals surface area (Å²) < 4.78 is 12.0. The molecular weight excluding hydrogens is 382 g/mol. The van der Waals surface area contributed by atoms with Gasteiger partial charge in [0.15, 0.2) is 17.3 Å². The minimum atomic E-state index is -0.311. The van der Waals surface area contributed by atoms with Gasteiger partial charge in [-0.1, -0.05) is 31.4 Å². The highest BCUT2D eigenvalue weighted by Gasteiger charge is 2.23. The van der Waals surface area contributed by atoms with Crippen molar-refractivity contribution in [3.63, 3.8) is 0 Å². The molecule has 1 aliphatic rings. The van der Waals surface area contributed by atoms with Gasteiger partial charge in [-0.2, -0.15) is 4.68 Å². The number of aromatic nitrogens is 2. The Morgan fingerprint density at radius 3 is 2.50 bits per heavy atom. The minimum Gasteiger partial charge on any atom is -0.493 e. The van der Waals surface area contributed by atoms with E-state index in [-0.39, 0.29) is 17.4 Å². The van der Waals surface area contributed by atoms with Crippen LogP contribution in [0.5, 0.6) is 11.5 Å². The zero-order valence-electron chi connectivity index (χ0n) is 17.2. The largest absolute Gasteiger partial charge is 0.493 e. The number of hydrogen-bond donors (Lipinski definition) is 1. The van der Waals surface area contributed by atoms with Crippen LogP contribution < -0.4 is 20.5 Å². The Hall–Kier alpha value is -3.35. The maximum Gasteiger partial charge on any atom is 0.280 e. The molecule has 0 radical (unpaired) electrons. The zero-order valence-corrected chi connectivity index (χ0v) is 17.2. The fraction of sp³-hybridized carbons (Fsp3) is 0.348. The summed E-state index contributed by atoms with van der Waals surface area (Å²) in [7, 11) is 3.11. The molecule has 0 unspecified atom stereocenters.